The van der Waals surface area contributed by atoms with Gasteiger partial charge in [0.25, 0.3) is 5.91 Å². The van der Waals surface area contributed by atoms with E-state index in [0.29, 0.717) is 105 Å². The van der Waals surface area contributed by atoms with Crippen molar-refractivity contribution in [1.82, 2.24) is 50.2 Å². The standard InChI is InChI=1S/C28H29FN4O.C27H26F3N3.C27H27FN4O/c1-15(27-32-25-5-3-16(28(34)30-2)13-26(25)33-27)9-17-10-19-11-18(17)12-22(19)21-7-8-31-24-6-4-20(29)14-23(21)24;1-13(27-32-24-12-22(29)25(30)14(2)26(24)33-27)7-15-8-17-9-16(15)10-20(17)19-5-6-31-23-4-3-18(28)11-21(19)23;1-14(27-31-24-4-2-15(26(29)33)12-25(24)32-27)8-16-9-18-10-17(16)11-21(18)20-6-7-30-23-5-3-19(28)13-22(20)23/h3-8,13-15,17-19,22H,9-12H2,1-2H3,(H,30,34)(H,32,33);3-6,11-13,15-17,20H,7-10H2,1-2H3,(H,32,33);2-7,12-14,16-18,21H,8-11H2,1H3,(H2,29,33)(H,31,32)/t15-,17?,18?,19?,22?;13-,15?,16?,17?,20?;14-,16?,17?,18?,21?/m111/s1. The lowest BCUT2D eigenvalue weighted by Gasteiger charge is -2.30. The quantitative estimate of drug-likeness (QED) is 0.0663. The van der Waals surface area contributed by atoms with E-state index >= 15 is 0 Å². The van der Waals surface area contributed by atoms with Gasteiger partial charge >= 0.3 is 0 Å². The summed E-state index contributed by atoms with van der Waals surface area (Å²) in [7, 11) is 1.64. The van der Waals surface area contributed by atoms with Gasteiger partial charge in [0, 0.05) is 82.3 Å². The summed E-state index contributed by atoms with van der Waals surface area (Å²) in [5.41, 5.74) is 17.8. The molecule has 2 amide bonds. The lowest BCUT2D eigenvalue weighted by atomic mass is 9.75. The number of nitrogens with zero attached hydrogens (tertiary/aromatic N) is 6. The van der Waals surface area contributed by atoms with Gasteiger partial charge in [-0.2, -0.15) is 0 Å². The van der Waals surface area contributed by atoms with Crippen LogP contribution >= 0.6 is 0 Å². The number of imidazole rings is 3. The van der Waals surface area contributed by atoms with E-state index in [0.717, 1.165) is 104 Å². The first-order chi connectivity index (χ1) is 48.3. The molecule has 18 rings (SSSR count). The van der Waals surface area contributed by atoms with Crippen molar-refractivity contribution >= 4 is 77.6 Å². The first kappa shape index (κ1) is 65.2. The molecular weight excluding hydrogens is 1270 g/mol. The Bertz CT molecular complexity index is 5160. The van der Waals surface area contributed by atoms with Crippen molar-refractivity contribution in [2.75, 3.05) is 7.05 Å². The molecule has 13 nitrogen and oxygen atoms in total. The first-order valence-corrected chi connectivity index (χ1v) is 35.8. The molecule has 12 aromatic rings. The van der Waals surface area contributed by atoms with Crippen molar-refractivity contribution in [3.8, 4) is 0 Å². The topological polar surface area (TPSA) is 197 Å². The Kier molecular flexibility index (Phi) is 17.1. The predicted molar refractivity (Wildman–Crippen MR) is 380 cm³/mol. The van der Waals surface area contributed by atoms with Crippen LogP contribution in [0.2, 0.25) is 0 Å². The molecule has 6 saturated carbocycles. The third kappa shape index (κ3) is 12.2. The zero-order valence-electron chi connectivity index (χ0n) is 56.8. The molecule has 6 aromatic carbocycles. The number of aryl methyl sites for hydroxylation is 1. The minimum absolute atomic E-state index is 0.0904. The number of amides is 2. The maximum atomic E-state index is 14.0. The van der Waals surface area contributed by atoms with E-state index in [1.807, 2.05) is 42.9 Å². The van der Waals surface area contributed by atoms with Gasteiger partial charge in [0.1, 0.15) is 34.9 Å². The molecule has 0 radical (unpaired) electrons. The van der Waals surface area contributed by atoms with Crippen LogP contribution < -0.4 is 11.1 Å². The van der Waals surface area contributed by atoms with Crippen molar-refractivity contribution in [1.29, 1.82) is 0 Å². The molecule has 512 valence electrons. The Morgan fingerprint density at radius 1 is 0.460 bits per heavy atom. The molecule has 0 aliphatic heterocycles. The number of carbonyl (C=O) groups excluding carboxylic acids is 2. The Labute approximate surface area is 576 Å². The molecule has 0 spiro atoms. The van der Waals surface area contributed by atoms with E-state index in [9.17, 15) is 31.5 Å². The predicted octanol–water partition coefficient (Wildman–Crippen LogP) is 18.8. The highest BCUT2D eigenvalue weighted by Crippen LogP contribution is 2.61. The summed E-state index contributed by atoms with van der Waals surface area (Å²) >= 11 is 0. The highest BCUT2D eigenvalue weighted by Gasteiger charge is 2.50. The van der Waals surface area contributed by atoms with Crippen LogP contribution in [0.1, 0.15) is 194 Å². The third-order valence-corrected chi connectivity index (χ3v) is 24.5. The van der Waals surface area contributed by atoms with Crippen LogP contribution in [-0.4, -0.2) is 63.7 Å². The third-order valence-electron chi connectivity index (χ3n) is 24.5. The first-order valence-electron chi connectivity index (χ1n) is 35.8. The van der Waals surface area contributed by atoms with E-state index in [2.05, 4.69) is 79.2 Å². The number of rotatable bonds is 14. The molecule has 15 atom stereocenters. The normalized spacial score (nSPS) is 25.1. The molecule has 6 heterocycles. The highest BCUT2D eigenvalue weighted by molar-refractivity contribution is 5.97. The zero-order valence-corrected chi connectivity index (χ0v) is 56.8. The number of benzene rings is 6. The number of pyridine rings is 3. The minimum Gasteiger partial charge on any atom is -0.366 e. The zero-order chi connectivity index (χ0) is 68.9. The summed E-state index contributed by atoms with van der Waals surface area (Å²) < 4.78 is 69.6. The van der Waals surface area contributed by atoms with E-state index in [1.165, 1.54) is 85.9 Å². The number of hydrogen-bond acceptors (Lipinski definition) is 8. The van der Waals surface area contributed by atoms with Crippen LogP contribution in [0.3, 0.4) is 0 Å². The summed E-state index contributed by atoms with van der Waals surface area (Å²) in [4.78, 5) is 61.0. The number of aromatic nitrogens is 9. The van der Waals surface area contributed by atoms with E-state index in [-0.39, 0.29) is 34.8 Å². The van der Waals surface area contributed by atoms with Gasteiger partial charge in [-0.15, -0.1) is 0 Å². The maximum absolute atomic E-state index is 14.0. The molecule has 6 bridgehead atoms. The van der Waals surface area contributed by atoms with Gasteiger partial charge < -0.3 is 26.0 Å². The Morgan fingerprint density at radius 2 is 0.840 bits per heavy atom. The second kappa shape index (κ2) is 26.3. The lowest BCUT2D eigenvalue weighted by Crippen LogP contribution is -2.19. The molecule has 100 heavy (non-hydrogen) atoms. The molecule has 0 saturated heterocycles. The number of primary amides is 1. The molecule has 6 aromatic heterocycles. The van der Waals surface area contributed by atoms with Crippen LogP contribution in [0.4, 0.5) is 22.0 Å². The van der Waals surface area contributed by atoms with Crippen molar-refractivity contribution < 1.29 is 31.5 Å². The average molecular weight is 1350 g/mol. The van der Waals surface area contributed by atoms with Crippen LogP contribution in [0.5, 0.6) is 0 Å². The molecule has 6 aliphatic rings. The largest absolute Gasteiger partial charge is 0.366 e. The fourth-order valence-corrected chi connectivity index (χ4v) is 19.7. The molecule has 12 unspecified atom stereocenters. The van der Waals surface area contributed by atoms with Gasteiger partial charge in [-0.25, -0.2) is 36.9 Å². The van der Waals surface area contributed by atoms with E-state index in [1.54, 1.807) is 62.5 Å². The summed E-state index contributed by atoms with van der Waals surface area (Å²) in [6.45, 7) is 8.19. The van der Waals surface area contributed by atoms with Crippen molar-refractivity contribution in [2.45, 2.75) is 140 Å². The number of hydrogen-bond donors (Lipinski definition) is 5. The van der Waals surface area contributed by atoms with E-state index < -0.39 is 17.5 Å². The number of carbonyl (C=O) groups is 2. The van der Waals surface area contributed by atoms with Gasteiger partial charge in [0.2, 0.25) is 5.91 Å². The Hall–Kier alpha value is -9.45. The number of nitrogens with two attached hydrogens (primary N) is 1. The van der Waals surface area contributed by atoms with Crippen LogP contribution in [0.25, 0.3) is 65.8 Å². The summed E-state index contributed by atoms with van der Waals surface area (Å²) in [6, 6.07) is 33.2. The van der Waals surface area contributed by atoms with Crippen molar-refractivity contribution in [3.63, 3.8) is 0 Å². The maximum Gasteiger partial charge on any atom is 0.251 e. The molecule has 18 heteroatoms. The van der Waals surface area contributed by atoms with Crippen LogP contribution in [-0.2, 0) is 0 Å². The van der Waals surface area contributed by atoms with E-state index in [4.69, 9.17) is 15.7 Å². The highest BCUT2D eigenvalue weighted by atomic mass is 19.2. The molecule has 6 aliphatic carbocycles. The summed E-state index contributed by atoms with van der Waals surface area (Å²) in [5.74, 6) is 8.18. The number of nitrogens with one attached hydrogen (secondary N) is 4. The number of fused-ring (bicyclic) bond motifs is 12. The fraction of sp³-hybridized carbons (Fsp3) is 0.390. The monoisotopic (exact) mass is 1350 g/mol. The minimum atomic E-state index is -0.842. The van der Waals surface area contributed by atoms with Crippen LogP contribution in [0, 0.1) is 89.3 Å². The summed E-state index contributed by atoms with van der Waals surface area (Å²) in [6.07, 6.45) is 19.6. The number of aromatic amines is 3. The second-order valence-electron chi connectivity index (χ2n) is 30.3. The van der Waals surface area contributed by atoms with Gasteiger partial charge in [-0.1, -0.05) is 20.8 Å². The Morgan fingerprint density at radius 3 is 1.23 bits per heavy atom. The van der Waals surface area contributed by atoms with Gasteiger partial charge in [0.05, 0.1) is 49.7 Å². The molecular formula is C82H82F5N11O2. The second-order valence-corrected chi connectivity index (χ2v) is 30.3. The van der Waals surface area contributed by atoms with Crippen molar-refractivity contribution in [2.24, 2.45) is 59.0 Å². The van der Waals surface area contributed by atoms with Crippen LogP contribution in [0.15, 0.2) is 134 Å². The SMILES string of the molecule is CNC(=O)c1ccc2nc([C@H](C)CC3CC4CC3CC4c3ccnc4ccc(F)cc34)[nH]c2c1.C[C@H](CC1CC2CC1CC2c1ccnc2ccc(F)cc12)c1nc2ccc(C(N)=O)cc2[nH]1.Cc1c(F)c(F)cc2[nH]c([C@H](C)CC3CC4CC3CC4c3ccnc4ccc(F)cc34)nc12. The van der Waals surface area contributed by atoms with Gasteiger partial charge in [-0.05, 0) is 281 Å². The average Bonchev–Trinajstić information content (AvgIpc) is 1.60. The number of H-pyrrole nitrogens is 3. The summed E-state index contributed by atoms with van der Waals surface area (Å²) in [5, 5.41) is 5.56. The Balaban J connectivity index is 0.000000117. The lowest BCUT2D eigenvalue weighted by molar-refractivity contribution is 0.0961. The van der Waals surface area contributed by atoms with Gasteiger partial charge in [0.15, 0.2) is 11.6 Å². The fourth-order valence-electron chi connectivity index (χ4n) is 19.7. The number of halogens is 5. The smallest absolute Gasteiger partial charge is 0.251 e. The molecule has 6 N–H and O–H groups in total. The van der Waals surface area contributed by atoms with Gasteiger partial charge in [-0.3, -0.25) is 24.5 Å². The molecule has 6 fully saturated rings. The van der Waals surface area contributed by atoms with Crippen molar-refractivity contribution in [3.05, 3.63) is 214 Å².